The van der Waals surface area contributed by atoms with E-state index in [1.54, 1.807) is 23.1 Å². The van der Waals surface area contributed by atoms with Crippen molar-refractivity contribution in [2.24, 2.45) is 0 Å². The van der Waals surface area contributed by atoms with Crippen LogP contribution in [0.25, 0.3) is 0 Å². The van der Waals surface area contributed by atoms with Crippen LogP contribution in [0.3, 0.4) is 0 Å². The highest BCUT2D eigenvalue weighted by Gasteiger charge is 2.05. The molecule has 0 aliphatic carbocycles. The molecular formula is C10H14O2S2. The molecule has 2 nitrogen and oxygen atoms in total. The fourth-order valence-electron chi connectivity index (χ4n) is 0.927. The van der Waals surface area contributed by atoms with Gasteiger partial charge in [0.2, 0.25) is 0 Å². The van der Waals surface area contributed by atoms with E-state index in [1.807, 2.05) is 25.3 Å². The number of carbonyl (C=O) groups is 1. The van der Waals surface area contributed by atoms with Gasteiger partial charge in [-0.25, -0.2) is 0 Å². The maximum absolute atomic E-state index is 11.1. The van der Waals surface area contributed by atoms with Crippen LogP contribution in [0.2, 0.25) is 0 Å². The lowest BCUT2D eigenvalue weighted by Crippen LogP contribution is -2.13. The fraction of sp³-hybridized carbons (Fsp3) is 0.500. The highest BCUT2D eigenvalue weighted by Crippen LogP contribution is 2.17. The molecule has 0 aliphatic heterocycles. The third-order valence-corrected chi connectivity index (χ3v) is 3.43. The number of hydrogen-bond donors (Lipinski definition) is 0. The van der Waals surface area contributed by atoms with Crippen LogP contribution in [0, 0.1) is 0 Å². The van der Waals surface area contributed by atoms with Crippen molar-refractivity contribution in [2.75, 3.05) is 5.75 Å². The predicted octanol–water partition coefficient (Wildman–Crippen LogP) is 2.93. The van der Waals surface area contributed by atoms with Gasteiger partial charge in [0, 0.05) is 10.6 Å². The van der Waals surface area contributed by atoms with Crippen molar-refractivity contribution in [1.29, 1.82) is 0 Å². The normalized spacial score (nSPS) is 10.5. The second kappa shape index (κ2) is 6.09. The SMILES string of the molecule is CC(C)OC(=O)CSCc1cccs1. The van der Waals surface area contributed by atoms with Crippen LogP contribution >= 0.6 is 23.1 Å². The minimum Gasteiger partial charge on any atom is -0.462 e. The zero-order valence-corrected chi connectivity index (χ0v) is 9.99. The highest BCUT2D eigenvalue weighted by atomic mass is 32.2. The Labute approximate surface area is 92.7 Å². The van der Waals surface area contributed by atoms with Crippen LogP contribution in [-0.2, 0) is 15.3 Å². The van der Waals surface area contributed by atoms with Crippen LogP contribution < -0.4 is 0 Å². The third-order valence-electron chi connectivity index (χ3n) is 1.41. The van der Waals surface area contributed by atoms with E-state index in [0.29, 0.717) is 5.75 Å². The molecule has 0 unspecified atom stereocenters. The molecule has 78 valence electrons. The quantitative estimate of drug-likeness (QED) is 0.727. The molecule has 0 spiro atoms. The number of thiophene rings is 1. The Morgan fingerprint density at radius 3 is 3.00 bits per heavy atom. The second-order valence-corrected chi connectivity index (χ2v) is 5.13. The number of carbonyl (C=O) groups excluding carboxylic acids is 1. The Morgan fingerprint density at radius 2 is 2.43 bits per heavy atom. The van der Waals surface area contributed by atoms with Gasteiger partial charge in [-0.05, 0) is 25.3 Å². The first-order valence-corrected chi connectivity index (χ1v) is 6.51. The monoisotopic (exact) mass is 230 g/mol. The van der Waals surface area contributed by atoms with Crippen molar-refractivity contribution in [2.45, 2.75) is 25.7 Å². The molecule has 1 heterocycles. The lowest BCUT2D eigenvalue weighted by atomic mass is 10.5. The molecule has 0 N–H and O–H groups in total. The Kier molecular flexibility index (Phi) is 5.04. The minimum atomic E-state index is -0.124. The first kappa shape index (κ1) is 11.6. The first-order valence-electron chi connectivity index (χ1n) is 4.48. The number of ether oxygens (including phenoxy) is 1. The summed E-state index contributed by atoms with van der Waals surface area (Å²) in [4.78, 5) is 12.4. The molecule has 0 amide bonds. The molecular weight excluding hydrogens is 216 g/mol. The van der Waals surface area contributed by atoms with E-state index < -0.39 is 0 Å². The van der Waals surface area contributed by atoms with E-state index >= 15 is 0 Å². The first-order chi connectivity index (χ1) is 6.68. The molecule has 4 heteroatoms. The van der Waals surface area contributed by atoms with Gasteiger partial charge in [-0.2, -0.15) is 0 Å². The van der Waals surface area contributed by atoms with Crippen LogP contribution in [-0.4, -0.2) is 17.8 Å². The van der Waals surface area contributed by atoms with Crippen molar-refractivity contribution in [3.05, 3.63) is 22.4 Å². The summed E-state index contributed by atoms with van der Waals surface area (Å²) in [5, 5.41) is 2.04. The molecule has 0 aliphatic rings. The Morgan fingerprint density at radius 1 is 1.64 bits per heavy atom. The summed E-state index contributed by atoms with van der Waals surface area (Å²) in [5.41, 5.74) is 0. The van der Waals surface area contributed by atoms with E-state index in [-0.39, 0.29) is 12.1 Å². The maximum atomic E-state index is 11.1. The summed E-state index contributed by atoms with van der Waals surface area (Å²) in [7, 11) is 0. The molecule has 0 saturated heterocycles. The van der Waals surface area contributed by atoms with Crippen molar-refractivity contribution >= 4 is 29.1 Å². The van der Waals surface area contributed by atoms with Crippen molar-refractivity contribution in [1.82, 2.24) is 0 Å². The van der Waals surface area contributed by atoms with Crippen molar-refractivity contribution in [3.8, 4) is 0 Å². The molecule has 0 aromatic carbocycles. The van der Waals surface area contributed by atoms with Gasteiger partial charge < -0.3 is 4.74 Å². The van der Waals surface area contributed by atoms with Crippen molar-refractivity contribution in [3.63, 3.8) is 0 Å². The van der Waals surface area contributed by atoms with Gasteiger partial charge >= 0.3 is 5.97 Å². The van der Waals surface area contributed by atoms with Gasteiger partial charge in [-0.3, -0.25) is 4.79 Å². The van der Waals surface area contributed by atoms with Gasteiger partial charge in [0.1, 0.15) is 0 Å². The molecule has 0 fully saturated rings. The Hall–Kier alpha value is -0.480. The maximum Gasteiger partial charge on any atom is 0.316 e. The smallest absolute Gasteiger partial charge is 0.316 e. The summed E-state index contributed by atoms with van der Waals surface area (Å²) in [5.74, 6) is 1.21. The summed E-state index contributed by atoms with van der Waals surface area (Å²) >= 11 is 3.31. The summed E-state index contributed by atoms with van der Waals surface area (Å²) in [6.45, 7) is 3.73. The van der Waals surface area contributed by atoms with E-state index in [2.05, 4.69) is 6.07 Å². The predicted molar refractivity (Wildman–Crippen MR) is 61.7 cm³/mol. The molecule has 14 heavy (non-hydrogen) atoms. The van der Waals surface area contributed by atoms with E-state index in [9.17, 15) is 4.79 Å². The number of hydrogen-bond acceptors (Lipinski definition) is 4. The average molecular weight is 230 g/mol. The van der Waals surface area contributed by atoms with Crippen LogP contribution in [0.15, 0.2) is 17.5 Å². The number of thioether (sulfide) groups is 1. The highest BCUT2D eigenvalue weighted by molar-refractivity contribution is 7.99. The van der Waals surface area contributed by atoms with Crippen molar-refractivity contribution < 1.29 is 9.53 Å². The molecule has 0 saturated carbocycles. The summed E-state index contributed by atoms with van der Waals surface area (Å²) in [6.07, 6.45) is -0.00941. The largest absolute Gasteiger partial charge is 0.462 e. The standard InChI is InChI=1S/C10H14O2S2/c1-8(2)12-10(11)7-13-6-9-4-3-5-14-9/h3-5,8H,6-7H2,1-2H3. The average Bonchev–Trinajstić information content (AvgIpc) is 2.55. The molecule has 0 bridgehead atoms. The number of rotatable bonds is 5. The molecule has 1 rings (SSSR count). The van der Waals surface area contributed by atoms with Gasteiger partial charge in [-0.1, -0.05) is 6.07 Å². The Bertz CT molecular complexity index is 268. The molecule has 0 atom stereocenters. The second-order valence-electron chi connectivity index (χ2n) is 3.11. The van der Waals surface area contributed by atoms with Crippen LogP contribution in [0.1, 0.15) is 18.7 Å². The van der Waals surface area contributed by atoms with Gasteiger partial charge in [0.25, 0.3) is 0 Å². The third kappa shape index (κ3) is 4.67. The van der Waals surface area contributed by atoms with E-state index in [4.69, 9.17) is 4.74 Å². The van der Waals surface area contributed by atoms with Gasteiger partial charge in [0.15, 0.2) is 0 Å². The van der Waals surface area contributed by atoms with E-state index in [1.165, 1.54) is 4.88 Å². The summed E-state index contributed by atoms with van der Waals surface area (Å²) < 4.78 is 5.01. The zero-order valence-electron chi connectivity index (χ0n) is 8.36. The fourth-order valence-corrected chi connectivity index (χ4v) is 2.57. The van der Waals surface area contributed by atoms with Crippen LogP contribution in [0.5, 0.6) is 0 Å². The molecule has 1 aromatic heterocycles. The minimum absolute atomic E-state index is 0.00941. The topological polar surface area (TPSA) is 26.3 Å². The summed E-state index contributed by atoms with van der Waals surface area (Å²) in [6, 6.07) is 4.10. The lowest BCUT2D eigenvalue weighted by Gasteiger charge is -2.06. The molecule has 1 aromatic rings. The van der Waals surface area contributed by atoms with Gasteiger partial charge in [0.05, 0.1) is 11.9 Å². The molecule has 0 radical (unpaired) electrons. The number of esters is 1. The Balaban J connectivity index is 2.12. The van der Waals surface area contributed by atoms with Gasteiger partial charge in [-0.15, -0.1) is 23.1 Å². The van der Waals surface area contributed by atoms with E-state index in [0.717, 1.165) is 5.75 Å². The zero-order chi connectivity index (χ0) is 10.4. The van der Waals surface area contributed by atoms with Crippen LogP contribution in [0.4, 0.5) is 0 Å². The lowest BCUT2D eigenvalue weighted by molar-refractivity contribution is -0.144.